The summed E-state index contributed by atoms with van der Waals surface area (Å²) in [5, 5.41) is 10.0. The molecule has 0 unspecified atom stereocenters. The maximum absolute atomic E-state index is 13.3. The van der Waals surface area contributed by atoms with Gasteiger partial charge in [-0.3, -0.25) is 4.79 Å². The zero-order valence-electron chi connectivity index (χ0n) is 15.8. The fourth-order valence-electron chi connectivity index (χ4n) is 4.03. The van der Waals surface area contributed by atoms with Gasteiger partial charge in [0.25, 0.3) is 0 Å². The molecular formula is C21H23N3O2S. The lowest BCUT2D eigenvalue weighted by molar-refractivity contribution is -0.132. The summed E-state index contributed by atoms with van der Waals surface area (Å²) in [7, 11) is 0. The Kier molecular flexibility index (Phi) is 4.11. The first-order valence-corrected chi connectivity index (χ1v) is 9.44. The van der Waals surface area contributed by atoms with Gasteiger partial charge in [-0.1, -0.05) is 35.4 Å². The molecule has 2 aliphatic rings. The van der Waals surface area contributed by atoms with Crippen molar-refractivity contribution in [2.24, 2.45) is 5.92 Å². The molecule has 140 valence electrons. The molecule has 3 N–H and O–H groups in total. The number of ether oxygens (including phenoxy) is 1. The molecule has 27 heavy (non-hydrogen) atoms. The van der Waals surface area contributed by atoms with Crippen molar-refractivity contribution >= 4 is 28.9 Å². The molecule has 0 saturated carbocycles. The van der Waals surface area contributed by atoms with Crippen LogP contribution in [-0.4, -0.2) is 16.7 Å². The number of carbonyl (C=O) groups excluding carboxylic acids is 1. The van der Waals surface area contributed by atoms with Crippen molar-refractivity contribution in [3.8, 4) is 5.75 Å². The van der Waals surface area contributed by atoms with Gasteiger partial charge in [0.1, 0.15) is 11.7 Å². The zero-order chi connectivity index (χ0) is 19.3. The highest BCUT2D eigenvalue weighted by Crippen LogP contribution is 2.45. The van der Waals surface area contributed by atoms with Gasteiger partial charge in [-0.25, -0.2) is 0 Å². The Labute approximate surface area is 164 Å². The lowest BCUT2D eigenvalue weighted by atomic mass is 9.79. The van der Waals surface area contributed by atoms with Crippen LogP contribution < -0.4 is 20.7 Å². The number of fused-ring (bicyclic) bond motifs is 4. The molecule has 0 spiro atoms. The minimum atomic E-state index is -0.919. The van der Waals surface area contributed by atoms with Gasteiger partial charge < -0.3 is 20.7 Å². The zero-order valence-corrected chi connectivity index (χ0v) is 16.7. The second kappa shape index (κ2) is 6.23. The van der Waals surface area contributed by atoms with Crippen LogP contribution in [0.3, 0.4) is 0 Å². The Morgan fingerprint density at radius 1 is 1.15 bits per heavy atom. The van der Waals surface area contributed by atoms with Crippen molar-refractivity contribution in [1.29, 1.82) is 0 Å². The summed E-state index contributed by atoms with van der Waals surface area (Å²) in [6, 6.07) is 11.7. The molecule has 2 aromatic carbocycles. The maximum atomic E-state index is 13.3. The highest BCUT2D eigenvalue weighted by atomic mass is 32.1. The van der Waals surface area contributed by atoms with Crippen LogP contribution in [0, 0.1) is 26.7 Å². The lowest BCUT2D eigenvalue weighted by Crippen LogP contribution is -2.70. The van der Waals surface area contributed by atoms with Gasteiger partial charge in [0.15, 0.2) is 10.8 Å². The highest BCUT2D eigenvalue weighted by molar-refractivity contribution is 7.80. The monoisotopic (exact) mass is 381 g/mol. The number of amides is 1. The fourth-order valence-corrected chi connectivity index (χ4v) is 4.36. The summed E-state index contributed by atoms with van der Waals surface area (Å²) in [6.07, 6.45) is 0. The first kappa shape index (κ1) is 17.8. The minimum absolute atomic E-state index is 0.107. The number of carbonyl (C=O) groups is 1. The lowest BCUT2D eigenvalue weighted by Gasteiger charge is -2.50. The van der Waals surface area contributed by atoms with E-state index in [1.165, 1.54) is 0 Å². The number of nitrogens with one attached hydrogen (secondary N) is 3. The van der Waals surface area contributed by atoms with Crippen molar-refractivity contribution in [2.45, 2.75) is 39.5 Å². The number of anilines is 1. The van der Waals surface area contributed by atoms with E-state index in [1.54, 1.807) is 0 Å². The van der Waals surface area contributed by atoms with Gasteiger partial charge in [0, 0.05) is 11.3 Å². The van der Waals surface area contributed by atoms with E-state index in [0.717, 1.165) is 33.7 Å². The summed E-state index contributed by atoms with van der Waals surface area (Å²) in [6.45, 7) is 7.93. The van der Waals surface area contributed by atoms with Crippen molar-refractivity contribution in [3.63, 3.8) is 0 Å². The van der Waals surface area contributed by atoms with Crippen LogP contribution in [0.5, 0.6) is 5.75 Å². The highest BCUT2D eigenvalue weighted by Gasteiger charge is 2.54. The van der Waals surface area contributed by atoms with Crippen molar-refractivity contribution in [2.75, 3.05) is 5.32 Å². The number of hydrogen-bond acceptors (Lipinski definition) is 3. The molecule has 2 heterocycles. The molecule has 5 nitrogen and oxygen atoms in total. The Balaban J connectivity index is 1.73. The van der Waals surface area contributed by atoms with Crippen LogP contribution in [0.25, 0.3) is 0 Å². The van der Waals surface area contributed by atoms with Crippen LogP contribution >= 0.6 is 12.2 Å². The molecule has 0 aromatic heterocycles. The number of hydrogen-bond donors (Lipinski definition) is 3. The third-order valence-electron chi connectivity index (χ3n) is 5.32. The van der Waals surface area contributed by atoms with Gasteiger partial charge in [0.2, 0.25) is 5.91 Å². The average Bonchev–Trinajstić information content (AvgIpc) is 2.57. The van der Waals surface area contributed by atoms with Gasteiger partial charge in [-0.05, 0) is 57.6 Å². The third-order valence-corrected chi connectivity index (χ3v) is 5.54. The molecule has 1 fully saturated rings. The van der Waals surface area contributed by atoms with Crippen molar-refractivity contribution < 1.29 is 9.53 Å². The molecule has 1 amide bonds. The molecule has 2 bridgehead atoms. The summed E-state index contributed by atoms with van der Waals surface area (Å²) < 4.78 is 6.24. The number of aryl methyl sites for hydroxylation is 3. The first-order valence-electron chi connectivity index (χ1n) is 9.03. The molecule has 6 heteroatoms. The Bertz CT molecular complexity index is 958. The molecule has 3 atom stereocenters. The van der Waals surface area contributed by atoms with E-state index in [4.69, 9.17) is 17.0 Å². The van der Waals surface area contributed by atoms with Gasteiger partial charge >= 0.3 is 0 Å². The van der Waals surface area contributed by atoms with E-state index in [1.807, 2.05) is 52.0 Å². The smallest absolute Gasteiger partial charge is 0.236 e. The van der Waals surface area contributed by atoms with Gasteiger partial charge in [-0.2, -0.15) is 0 Å². The van der Waals surface area contributed by atoms with Gasteiger partial charge in [0.05, 0.1) is 6.04 Å². The summed E-state index contributed by atoms with van der Waals surface area (Å²) >= 11 is 5.36. The van der Waals surface area contributed by atoms with Crippen LogP contribution in [-0.2, 0) is 4.79 Å². The summed E-state index contributed by atoms with van der Waals surface area (Å²) in [4.78, 5) is 13.3. The second-order valence-electron chi connectivity index (χ2n) is 7.61. The van der Waals surface area contributed by atoms with Crippen molar-refractivity contribution in [1.82, 2.24) is 10.6 Å². The normalized spacial score (nSPS) is 25.6. The van der Waals surface area contributed by atoms with Gasteiger partial charge in [-0.15, -0.1) is 0 Å². The Morgan fingerprint density at radius 3 is 2.59 bits per heavy atom. The van der Waals surface area contributed by atoms with Crippen LogP contribution in [0.1, 0.15) is 35.2 Å². The largest absolute Gasteiger partial charge is 0.467 e. The SMILES string of the molecule is Cc1ccc(NC(=O)[C@H]2[C@H]3NC(=S)N[C@@]2(C)Oc2ccc(C)cc23)c(C)c1. The molecule has 2 aromatic rings. The third kappa shape index (κ3) is 3.04. The molecule has 4 rings (SSSR count). The summed E-state index contributed by atoms with van der Waals surface area (Å²) in [5.74, 6) is 0.175. The van der Waals surface area contributed by atoms with E-state index >= 15 is 0 Å². The summed E-state index contributed by atoms with van der Waals surface area (Å²) in [5.41, 5.74) is 4.15. The molecule has 0 aliphatic carbocycles. The fraction of sp³-hybridized carbons (Fsp3) is 0.333. The molecule has 0 radical (unpaired) electrons. The Morgan fingerprint density at radius 2 is 1.85 bits per heavy atom. The number of rotatable bonds is 2. The quantitative estimate of drug-likeness (QED) is 0.695. The van der Waals surface area contributed by atoms with Crippen LogP contribution in [0.4, 0.5) is 5.69 Å². The van der Waals surface area contributed by atoms with E-state index < -0.39 is 11.6 Å². The maximum Gasteiger partial charge on any atom is 0.236 e. The van der Waals surface area contributed by atoms with Crippen molar-refractivity contribution in [3.05, 3.63) is 58.7 Å². The van der Waals surface area contributed by atoms with E-state index in [0.29, 0.717) is 5.11 Å². The predicted octanol–water partition coefficient (Wildman–Crippen LogP) is 3.49. The standard InChI is InChI=1S/C21H23N3O2S/c1-11-5-7-15(13(3)9-11)22-19(25)17-18-14-10-12(2)6-8-16(14)26-21(17,4)24-20(27)23-18/h5-10,17-18H,1-4H3,(H,22,25)(H2,23,24,27)/t17-,18+,21+/m1/s1. The molecule has 1 saturated heterocycles. The molecule has 2 aliphatic heterocycles. The van der Waals surface area contributed by atoms with E-state index in [2.05, 4.69) is 28.1 Å². The second-order valence-corrected chi connectivity index (χ2v) is 8.02. The first-order chi connectivity index (χ1) is 12.8. The van der Waals surface area contributed by atoms with Crippen LogP contribution in [0.15, 0.2) is 36.4 Å². The average molecular weight is 382 g/mol. The van der Waals surface area contributed by atoms with Crippen LogP contribution in [0.2, 0.25) is 0 Å². The van der Waals surface area contributed by atoms with E-state index in [9.17, 15) is 4.79 Å². The number of benzene rings is 2. The molecular weight excluding hydrogens is 358 g/mol. The topological polar surface area (TPSA) is 62.4 Å². The Hall–Kier alpha value is -2.60. The predicted molar refractivity (Wildman–Crippen MR) is 110 cm³/mol. The number of thiocarbonyl (C=S) groups is 1. The van der Waals surface area contributed by atoms with E-state index in [-0.39, 0.29) is 11.9 Å². The minimum Gasteiger partial charge on any atom is -0.467 e.